The number of amidine groups is 1. The third-order valence-corrected chi connectivity index (χ3v) is 5.83. The lowest BCUT2D eigenvalue weighted by Gasteiger charge is -2.27. The second kappa shape index (κ2) is 10.8. The van der Waals surface area contributed by atoms with E-state index in [1.54, 1.807) is 30.3 Å². The molecule has 1 saturated heterocycles. The summed E-state index contributed by atoms with van der Waals surface area (Å²) in [6.45, 7) is 2.29. The first-order valence-corrected chi connectivity index (χ1v) is 10.9. The normalized spacial score (nSPS) is 24.1. The number of H-pyrrole nitrogens is 1. The Morgan fingerprint density at radius 2 is 2.03 bits per heavy atom. The second-order valence-electron chi connectivity index (χ2n) is 8.43. The van der Waals surface area contributed by atoms with Crippen molar-refractivity contribution in [1.82, 2.24) is 10.3 Å². The average molecular weight is 498 g/mol. The number of aromatic amines is 1. The Morgan fingerprint density at radius 3 is 2.61 bits per heavy atom. The number of aromatic nitrogens is 1. The highest BCUT2D eigenvalue weighted by Crippen LogP contribution is 2.41. The van der Waals surface area contributed by atoms with Crippen molar-refractivity contribution in [3.8, 4) is 6.07 Å². The van der Waals surface area contributed by atoms with Crippen LogP contribution in [0.1, 0.15) is 35.6 Å². The van der Waals surface area contributed by atoms with E-state index < -0.39 is 48.0 Å². The highest BCUT2D eigenvalue weighted by Gasteiger charge is 2.59. The molecule has 1 aromatic carbocycles. The van der Waals surface area contributed by atoms with Gasteiger partial charge in [-0.05, 0) is 38.1 Å². The average Bonchev–Trinajstić information content (AvgIpc) is 3.48. The van der Waals surface area contributed by atoms with E-state index in [0.717, 1.165) is 6.34 Å². The van der Waals surface area contributed by atoms with Gasteiger partial charge >= 0.3 is 5.97 Å². The summed E-state index contributed by atoms with van der Waals surface area (Å²) >= 11 is 0. The number of esters is 1. The number of benzene rings is 1. The molecule has 190 valence electrons. The maximum absolute atomic E-state index is 12.6. The Hall–Kier alpha value is -3.89. The number of rotatable bonds is 8. The van der Waals surface area contributed by atoms with E-state index in [2.05, 4.69) is 15.3 Å². The van der Waals surface area contributed by atoms with Crippen LogP contribution in [0.5, 0.6) is 0 Å². The topological polar surface area (TPSA) is 190 Å². The number of nitrogens with one attached hydrogen (secondary N) is 3. The summed E-state index contributed by atoms with van der Waals surface area (Å²) in [5.74, 6) is -1.32. The number of hydrogen-bond acceptors (Lipinski definition) is 9. The van der Waals surface area contributed by atoms with Gasteiger partial charge in [0, 0.05) is 12.7 Å². The number of aliphatic hydroxyl groups is 2. The van der Waals surface area contributed by atoms with Crippen molar-refractivity contribution in [1.29, 1.82) is 10.7 Å². The zero-order chi connectivity index (χ0) is 26.5. The van der Waals surface area contributed by atoms with E-state index in [4.69, 9.17) is 19.6 Å². The smallest absolute Gasteiger partial charge is 0.338 e. The van der Waals surface area contributed by atoms with Gasteiger partial charge in [0.1, 0.15) is 24.6 Å². The molecule has 3 rings (SSSR count). The minimum atomic E-state index is -2.05. The molecule has 5 N–H and O–H groups in total. The Kier molecular flexibility index (Phi) is 8.01. The van der Waals surface area contributed by atoms with Crippen LogP contribution in [0.15, 0.2) is 47.5 Å². The maximum atomic E-state index is 12.6. The molecule has 1 fully saturated rings. The molecule has 0 radical (unpaired) electrons. The van der Waals surface area contributed by atoms with Crippen LogP contribution in [0.25, 0.3) is 0 Å². The third kappa shape index (κ3) is 5.05. The molecule has 0 spiro atoms. The van der Waals surface area contributed by atoms with Gasteiger partial charge in [-0.3, -0.25) is 10.2 Å². The fourth-order valence-corrected chi connectivity index (χ4v) is 3.57. The van der Waals surface area contributed by atoms with E-state index in [-0.39, 0.29) is 17.2 Å². The van der Waals surface area contributed by atoms with Crippen LogP contribution in [0, 0.1) is 16.7 Å². The Labute approximate surface area is 207 Å². The molecule has 36 heavy (non-hydrogen) atoms. The van der Waals surface area contributed by atoms with Gasteiger partial charge in [0.2, 0.25) is 5.60 Å². The zero-order valence-electron chi connectivity index (χ0n) is 19.9. The van der Waals surface area contributed by atoms with Crippen molar-refractivity contribution < 1.29 is 34.0 Å². The number of hydrogen-bond donors (Lipinski definition) is 5. The summed E-state index contributed by atoms with van der Waals surface area (Å²) < 4.78 is 16.2. The van der Waals surface area contributed by atoms with Crippen molar-refractivity contribution >= 4 is 24.1 Å². The van der Waals surface area contributed by atoms with Crippen molar-refractivity contribution in [3.63, 3.8) is 0 Å². The molecule has 1 aromatic heterocycles. The lowest BCUT2D eigenvalue weighted by Crippen LogP contribution is -2.46. The van der Waals surface area contributed by atoms with Gasteiger partial charge in [0.05, 0.1) is 18.0 Å². The van der Waals surface area contributed by atoms with Gasteiger partial charge in [0.25, 0.3) is 5.91 Å². The molecule has 0 unspecified atom stereocenters. The summed E-state index contributed by atoms with van der Waals surface area (Å²) in [4.78, 5) is 31.9. The number of ether oxygens (including phenoxy) is 3. The molecule has 12 nitrogen and oxygen atoms in total. The van der Waals surface area contributed by atoms with Gasteiger partial charge in [-0.25, -0.2) is 9.79 Å². The lowest BCUT2D eigenvalue weighted by atomic mass is 9.92. The van der Waals surface area contributed by atoms with Gasteiger partial charge < -0.3 is 34.7 Å². The molecule has 4 atom stereocenters. The van der Waals surface area contributed by atoms with Gasteiger partial charge in [-0.1, -0.05) is 18.2 Å². The first-order valence-electron chi connectivity index (χ1n) is 10.9. The monoisotopic (exact) mass is 497 g/mol. The number of aliphatic hydroxyl groups excluding tert-OH is 2. The molecular formula is C24H27N5O7. The highest BCUT2D eigenvalue weighted by atomic mass is 16.6. The van der Waals surface area contributed by atoms with Crippen LogP contribution < -0.4 is 5.32 Å². The number of nitrogens with zero attached hydrogens (tertiary/aromatic N) is 2. The summed E-state index contributed by atoms with van der Waals surface area (Å²) in [5, 5.41) is 40.8. The molecule has 1 amide bonds. The molecule has 0 saturated carbocycles. The van der Waals surface area contributed by atoms with Crippen LogP contribution in [-0.4, -0.2) is 76.9 Å². The molecule has 2 heterocycles. The van der Waals surface area contributed by atoms with Crippen LogP contribution in [0.3, 0.4) is 0 Å². The van der Waals surface area contributed by atoms with Crippen LogP contribution in [0.2, 0.25) is 0 Å². The number of aliphatic imine (C=N–C) groups is 1. The Bertz CT molecular complexity index is 1190. The SMILES string of the molecule is COC(C)(C)C(=O)O[C@H]1[C@@H](O)[C@](C#N)(c2ccc(/C(=N\C=N)NC(=O)c3ccccc3)[nH]2)O[C@@H]1CO. The first-order chi connectivity index (χ1) is 17.1. The summed E-state index contributed by atoms with van der Waals surface area (Å²) in [6, 6.07) is 13.2. The van der Waals surface area contributed by atoms with Crippen molar-refractivity contribution in [3.05, 3.63) is 59.4 Å². The second-order valence-corrected chi connectivity index (χ2v) is 8.43. The summed E-state index contributed by atoms with van der Waals surface area (Å²) in [6.07, 6.45) is -3.55. The predicted molar refractivity (Wildman–Crippen MR) is 126 cm³/mol. The quantitative estimate of drug-likeness (QED) is 0.199. The summed E-state index contributed by atoms with van der Waals surface area (Å²) in [5.41, 5.74) is -2.76. The van der Waals surface area contributed by atoms with E-state index in [1.807, 2.05) is 6.07 Å². The lowest BCUT2D eigenvalue weighted by molar-refractivity contribution is -0.177. The third-order valence-electron chi connectivity index (χ3n) is 5.83. The van der Waals surface area contributed by atoms with Crippen molar-refractivity contribution in [2.24, 2.45) is 4.99 Å². The molecule has 1 aliphatic rings. The number of methoxy groups -OCH3 is 1. The van der Waals surface area contributed by atoms with Gasteiger partial charge in [0.15, 0.2) is 17.5 Å². The minimum Gasteiger partial charge on any atom is -0.454 e. The molecule has 2 aromatic rings. The molecular weight excluding hydrogens is 470 g/mol. The predicted octanol–water partition coefficient (Wildman–Crippen LogP) is 0.606. The highest BCUT2D eigenvalue weighted by molar-refractivity contribution is 6.13. The number of nitriles is 1. The number of carbonyl (C=O) groups excluding carboxylic acids is 2. The fraction of sp³-hybridized carbons (Fsp3) is 0.375. The Balaban J connectivity index is 1.90. The van der Waals surface area contributed by atoms with Crippen molar-refractivity contribution in [2.45, 2.75) is 43.4 Å². The largest absolute Gasteiger partial charge is 0.454 e. The van der Waals surface area contributed by atoms with Crippen LogP contribution in [-0.2, 0) is 24.6 Å². The van der Waals surface area contributed by atoms with Gasteiger partial charge in [-0.2, -0.15) is 5.26 Å². The molecule has 0 aliphatic carbocycles. The summed E-state index contributed by atoms with van der Waals surface area (Å²) in [7, 11) is 1.32. The molecule has 12 heteroatoms. The van der Waals surface area contributed by atoms with E-state index >= 15 is 0 Å². The minimum absolute atomic E-state index is 0.0193. The standard InChI is InChI=1S/C24H27N5O7/c1-23(2,34-3)22(33)35-18-16(11-30)36-24(12-25,19(18)31)17-10-9-15(28-17)20(27-13-26)29-21(32)14-7-5-4-6-8-14/h4-10,13,16,18-19,28,30-31H,11H2,1-3H3,(H2,26,27,29,32)/t16-,18-,19-,24+/m1/s1. The van der Waals surface area contributed by atoms with Crippen molar-refractivity contribution in [2.75, 3.05) is 13.7 Å². The molecule has 0 bridgehead atoms. The van der Waals surface area contributed by atoms with E-state index in [0.29, 0.717) is 5.56 Å². The van der Waals surface area contributed by atoms with E-state index in [9.17, 15) is 25.1 Å². The van der Waals surface area contributed by atoms with E-state index in [1.165, 1.54) is 33.1 Å². The Morgan fingerprint density at radius 1 is 1.33 bits per heavy atom. The maximum Gasteiger partial charge on any atom is 0.338 e. The fourth-order valence-electron chi connectivity index (χ4n) is 3.57. The number of amides is 1. The first kappa shape index (κ1) is 26.7. The van der Waals surface area contributed by atoms with Crippen LogP contribution >= 0.6 is 0 Å². The zero-order valence-corrected chi connectivity index (χ0v) is 19.9. The molecule has 1 aliphatic heterocycles. The number of carbonyl (C=O) groups is 2. The van der Waals surface area contributed by atoms with Gasteiger partial charge in [-0.15, -0.1) is 0 Å². The van der Waals surface area contributed by atoms with Crippen LogP contribution in [0.4, 0.5) is 0 Å².